The van der Waals surface area contributed by atoms with Crippen LogP contribution in [0.1, 0.15) is 23.7 Å². The number of alkyl halides is 3. The number of hydrogen-bond acceptors (Lipinski definition) is 4. The lowest BCUT2D eigenvalue weighted by Crippen LogP contribution is -2.30. The zero-order chi connectivity index (χ0) is 21.5. The summed E-state index contributed by atoms with van der Waals surface area (Å²) in [6, 6.07) is 5.80. The first kappa shape index (κ1) is 20.9. The summed E-state index contributed by atoms with van der Waals surface area (Å²) in [5, 5.41) is 7.03. The highest BCUT2D eigenvalue weighted by atomic mass is 35.5. The van der Waals surface area contributed by atoms with E-state index < -0.39 is 23.8 Å². The molecule has 0 saturated carbocycles. The molecule has 0 aliphatic heterocycles. The highest BCUT2D eigenvalue weighted by Crippen LogP contribution is 2.37. The molecule has 29 heavy (non-hydrogen) atoms. The molecule has 0 spiro atoms. The van der Waals surface area contributed by atoms with Crippen LogP contribution < -0.4 is 10.1 Å². The fraction of sp³-hybridized carbons (Fsp3) is 0.316. The van der Waals surface area contributed by atoms with Crippen molar-refractivity contribution in [2.45, 2.75) is 33.1 Å². The second-order valence-corrected chi connectivity index (χ2v) is 6.98. The van der Waals surface area contributed by atoms with E-state index in [9.17, 15) is 18.0 Å². The Morgan fingerprint density at radius 3 is 2.66 bits per heavy atom. The van der Waals surface area contributed by atoms with Crippen molar-refractivity contribution in [2.75, 3.05) is 5.32 Å². The maximum absolute atomic E-state index is 13.5. The van der Waals surface area contributed by atoms with Gasteiger partial charge in [-0.25, -0.2) is 0 Å². The topological polar surface area (TPSA) is 69.0 Å². The number of pyridine rings is 1. The number of nitrogens with one attached hydrogen (secondary N) is 1. The molecule has 1 unspecified atom stereocenters. The Balaban J connectivity index is 1.90. The van der Waals surface area contributed by atoms with Crippen molar-refractivity contribution in [1.29, 1.82) is 0 Å². The number of benzene rings is 1. The van der Waals surface area contributed by atoms with Gasteiger partial charge in [0.05, 0.1) is 16.6 Å². The average molecular weight is 427 g/mol. The summed E-state index contributed by atoms with van der Waals surface area (Å²) in [4.78, 5) is 16.6. The first-order chi connectivity index (χ1) is 13.5. The number of carbonyl (C=O) groups is 1. The minimum atomic E-state index is -4.63. The number of ether oxygens (including phenoxy) is 1. The van der Waals surface area contributed by atoms with Gasteiger partial charge < -0.3 is 10.1 Å². The van der Waals surface area contributed by atoms with Crippen LogP contribution >= 0.6 is 11.6 Å². The van der Waals surface area contributed by atoms with Crippen LogP contribution in [0.2, 0.25) is 5.02 Å². The minimum Gasteiger partial charge on any atom is -0.464 e. The summed E-state index contributed by atoms with van der Waals surface area (Å²) >= 11 is 6.03. The van der Waals surface area contributed by atoms with Crippen LogP contribution in [0, 0.1) is 13.8 Å². The molecule has 10 heteroatoms. The van der Waals surface area contributed by atoms with Crippen molar-refractivity contribution in [3.8, 4) is 5.88 Å². The third kappa shape index (κ3) is 4.14. The highest BCUT2D eigenvalue weighted by molar-refractivity contribution is 6.31. The molecule has 0 bridgehead atoms. The standard InChI is InChI=1S/C19H18ClF3N4O2/c1-9-13(20)6-5-7-14(9)24-18(28)11(3)29-15-8-12(19(21,22)23)16-10(2)26-27(4)17(16)25-15/h5-8,11H,1-4H3,(H,24,28). The van der Waals surface area contributed by atoms with E-state index in [1.54, 1.807) is 25.1 Å². The molecule has 3 rings (SSSR count). The van der Waals surface area contributed by atoms with Crippen molar-refractivity contribution in [3.05, 3.63) is 46.1 Å². The van der Waals surface area contributed by atoms with Crippen LogP contribution in [-0.4, -0.2) is 26.8 Å². The number of fused-ring (bicyclic) bond motifs is 1. The van der Waals surface area contributed by atoms with E-state index in [2.05, 4.69) is 15.4 Å². The summed E-state index contributed by atoms with van der Waals surface area (Å²) in [5.41, 5.74) is 0.460. The van der Waals surface area contributed by atoms with E-state index in [4.69, 9.17) is 16.3 Å². The van der Waals surface area contributed by atoms with Crippen LogP contribution in [-0.2, 0) is 18.0 Å². The summed E-state index contributed by atoms with van der Waals surface area (Å²) in [7, 11) is 1.49. The molecule has 154 valence electrons. The Hall–Kier alpha value is -2.81. The summed E-state index contributed by atoms with van der Waals surface area (Å²) in [6.45, 7) is 4.63. The number of amides is 1. The lowest BCUT2D eigenvalue weighted by atomic mass is 10.1. The van der Waals surface area contributed by atoms with E-state index >= 15 is 0 Å². The second-order valence-electron chi connectivity index (χ2n) is 6.58. The Kier molecular flexibility index (Phi) is 5.44. The van der Waals surface area contributed by atoms with Gasteiger partial charge in [-0.1, -0.05) is 17.7 Å². The molecular weight excluding hydrogens is 409 g/mol. The maximum Gasteiger partial charge on any atom is 0.417 e. The zero-order valence-electron chi connectivity index (χ0n) is 16.1. The predicted molar refractivity (Wildman–Crippen MR) is 103 cm³/mol. The average Bonchev–Trinajstić information content (AvgIpc) is 2.91. The summed E-state index contributed by atoms with van der Waals surface area (Å²) in [5.74, 6) is -0.870. The molecule has 2 aromatic heterocycles. The normalized spacial score (nSPS) is 12.8. The molecule has 0 radical (unpaired) electrons. The van der Waals surface area contributed by atoms with Crippen LogP contribution in [0.25, 0.3) is 11.0 Å². The van der Waals surface area contributed by atoms with Gasteiger partial charge in [-0.15, -0.1) is 0 Å². The SMILES string of the molecule is Cc1c(Cl)cccc1NC(=O)C(C)Oc1cc(C(F)(F)F)c2c(C)nn(C)c2n1. The molecule has 3 aromatic rings. The van der Waals surface area contributed by atoms with Gasteiger partial charge in [-0.3, -0.25) is 9.48 Å². The first-order valence-corrected chi connectivity index (χ1v) is 9.01. The van der Waals surface area contributed by atoms with Crippen LogP contribution in [0.15, 0.2) is 24.3 Å². The molecule has 2 heterocycles. The van der Waals surface area contributed by atoms with Gasteiger partial charge in [-0.05, 0) is 38.5 Å². The molecule has 1 atom stereocenters. The maximum atomic E-state index is 13.5. The summed E-state index contributed by atoms with van der Waals surface area (Å²) < 4.78 is 47.3. The number of carbonyl (C=O) groups excluding carboxylic acids is 1. The molecule has 1 aromatic carbocycles. The number of rotatable bonds is 4. The number of aryl methyl sites for hydroxylation is 2. The first-order valence-electron chi connectivity index (χ1n) is 8.63. The van der Waals surface area contributed by atoms with Crippen molar-refractivity contribution in [3.63, 3.8) is 0 Å². The molecule has 0 fully saturated rings. The van der Waals surface area contributed by atoms with Crippen LogP contribution in [0.3, 0.4) is 0 Å². The van der Waals surface area contributed by atoms with Gasteiger partial charge in [0.25, 0.3) is 5.91 Å². The Labute approximate surface area is 169 Å². The van der Waals surface area contributed by atoms with Crippen LogP contribution in [0.5, 0.6) is 5.88 Å². The van der Waals surface area contributed by atoms with Gasteiger partial charge in [0, 0.05) is 23.8 Å². The molecule has 0 saturated heterocycles. The van der Waals surface area contributed by atoms with E-state index in [1.807, 2.05) is 0 Å². The lowest BCUT2D eigenvalue weighted by Gasteiger charge is -2.17. The summed E-state index contributed by atoms with van der Waals surface area (Å²) in [6.07, 6.45) is -5.73. The highest BCUT2D eigenvalue weighted by Gasteiger charge is 2.36. The largest absolute Gasteiger partial charge is 0.464 e. The number of nitrogens with zero attached hydrogens (tertiary/aromatic N) is 3. The minimum absolute atomic E-state index is 0.0191. The molecule has 1 N–H and O–H groups in total. The molecule has 1 amide bonds. The number of hydrogen-bond donors (Lipinski definition) is 1. The van der Waals surface area contributed by atoms with Crippen molar-refractivity contribution >= 4 is 34.2 Å². The van der Waals surface area contributed by atoms with Gasteiger partial charge in [0.2, 0.25) is 5.88 Å². The van der Waals surface area contributed by atoms with E-state index in [-0.39, 0.29) is 22.6 Å². The fourth-order valence-electron chi connectivity index (χ4n) is 2.92. The van der Waals surface area contributed by atoms with Gasteiger partial charge >= 0.3 is 6.18 Å². The number of halogens is 4. The van der Waals surface area contributed by atoms with E-state index in [0.717, 1.165) is 6.07 Å². The molecule has 0 aliphatic carbocycles. The van der Waals surface area contributed by atoms with E-state index in [1.165, 1.54) is 25.6 Å². The van der Waals surface area contributed by atoms with Crippen molar-refractivity contribution < 1.29 is 22.7 Å². The van der Waals surface area contributed by atoms with Crippen molar-refractivity contribution in [2.24, 2.45) is 7.05 Å². The van der Waals surface area contributed by atoms with Gasteiger partial charge in [-0.2, -0.15) is 23.3 Å². The smallest absolute Gasteiger partial charge is 0.417 e. The third-order valence-corrected chi connectivity index (χ3v) is 4.85. The molecule has 0 aliphatic rings. The van der Waals surface area contributed by atoms with E-state index in [0.29, 0.717) is 16.3 Å². The second kappa shape index (κ2) is 7.55. The Morgan fingerprint density at radius 1 is 1.31 bits per heavy atom. The van der Waals surface area contributed by atoms with Crippen LogP contribution in [0.4, 0.5) is 18.9 Å². The third-order valence-electron chi connectivity index (χ3n) is 4.44. The predicted octanol–water partition coefficient (Wildman–Crippen LogP) is 4.66. The zero-order valence-corrected chi connectivity index (χ0v) is 16.8. The quantitative estimate of drug-likeness (QED) is 0.658. The molecular formula is C19H18ClF3N4O2. The molecule has 6 nitrogen and oxygen atoms in total. The fourth-order valence-corrected chi connectivity index (χ4v) is 3.09. The monoisotopic (exact) mass is 426 g/mol. The Bertz CT molecular complexity index is 1100. The van der Waals surface area contributed by atoms with Crippen molar-refractivity contribution in [1.82, 2.24) is 14.8 Å². The van der Waals surface area contributed by atoms with Gasteiger partial charge in [0.1, 0.15) is 0 Å². The number of aromatic nitrogens is 3. The van der Waals surface area contributed by atoms with Gasteiger partial charge in [0.15, 0.2) is 11.8 Å². The Morgan fingerprint density at radius 2 is 2.00 bits per heavy atom. The number of anilines is 1. The lowest BCUT2D eigenvalue weighted by molar-refractivity contribution is -0.136.